The molecule has 1 atom stereocenters. The summed E-state index contributed by atoms with van der Waals surface area (Å²) in [7, 11) is 0. The number of nitrogens with zero attached hydrogens (tertiary/aromatic N) is 1. The third kappa shape index (κ3) is 4.04. The normalized spacial score (nSPS) is 20.6. The third-order valence-corrected chi connectivity index (χ3v) is 2.74. The molecule has 0 aromatic heterocycles. The van der Waals surface area contributed by atoms with E-state index in [1.54, 1.807) is 0 Å². The van der Waals surface area contributed by atoms with Crippen LogP contribution in [0.1, 0.15) is 33.1 Å². The summed E-state index contributed by atoms with van der Waals surface area (Å²) in [6.07, 6.45) is 7.98. The number of hydrogen-bond donors (Lipinski definition) is 0. The summed E-state index contributed by atoms with van der Waals surface area (Å²) in [5.41, 5.74) is 0. The molecular formula is C12H21NO2. The molecule has 0 saturated carbocycles. The van der Waals surface area contributed by atoms with Gasteiger partial charge in [-0.3, -0.25) is 9.69 Å². The van der Waals surface area contributed by atoms with Crippen molar-refractivity contribution < 1.29 is 9.53 Å². The zero-order valence-corrected chi connectivity index (χ0v) is 9.74. The van der Waals surface area contributed by atoms with Crippen molar-refractivity contribution in [2.45, 2.75) is 39.2 Å². The van der Waals surface area contributed by atoms with Crippen LogP contribution in [0.15, 0.2) is 12.2 Å². The second kappa shape index (κ2) is 6.62. The Morgan fingerprint density at radius 1 is 1.53 bits per heavy atom. The molecule has 0 aromatic rings. The number of ether oxygens (including phenoxy) is 1. The van der Waals surface area contributed by atoms with Gasteiger partial charge in [0, 0.05) is 6.04 Å². The summed E-state index contributed by atoms with van der Waals surface area (Å²) < 4.78 is 4.96. The average Bonchev–Trinajstić information content (AvgIpc) is 2.27. The van der Waals surface area contributed by atoms with E-state index in [4.69, 9.17) is 4.74 Å². The zero-order chi connectivity index (χ0) is 11.1. The molecule has 0 N–H and O–H groups in total. The van der Waals surface area contributed by atoms with Gasteiger partial charge in [0.2, 0.25) is 0 Å². The van der Waals surface area contributed by atoms with Crippen molar-refractivity contribution in [3.63, 3.8) is 0 Å². The fraction of sp³-hybridized carbons (Fsp3) is 0.750. The highest BCUT2D eigenvalue weighted by atomic mass is 16.5. The van der Waals surface area contributed by atoms with Crippen LogP contribution < -0.4 is 0 Å². The van der Waals surface area contributed by atoms with E-state index in [1.165, 1.54) is 12.8 Å². The minimum atomic E-state index is -0.113. The lowest BCUT2D eigenvalue weighted by Crippen LogP contribution is -2.39. The van der Waals surface area contributed by atoms with Gasteiger partial charge < -0.3 is 4.74 Å². The Labute approximate surface area is 92.1 Å². The number of hydrogen-bond acceptors (Lipinski definition) is 3. The van der Waals surface area contributed by atoms with Crippen LogP contribution in [0.25, 0.3) is 0 Å². The Hall–Kier alpha value is -0.830. The lowest BCUT2D eigenvalue weighted by molar-refractivity contribution is -0.144. The second-order valence-corrected chi connectivity index (χ2v) is 3.79. The fourth-order valence-corrected chi connectivity index (χ4v) is 1.93. The van der Waals surface area contributed by atoms with Crippen molar-refractivity contribution in [3.05, 3.63) is 12.2 Å². The summed E-state index contributed by atoms with van der Waals surface area (Å²) in [4.78, 5) is 13.5. The van der Waals surface area contributed by atoms with Crippen molar-refractivity contribution in [3.8, 4) is 0 Å². The van der Waals surface area contributed by atoms with Crippen LogP contribution in [-0.4, -0.2) is 36.6 Å². The van der Waals surface area contributed by atoms with Crippen molar-refractivity contribution in [1.29, 1.82) is 0 Å². The highest BCUT2D eigenvalue weighted by Crippen LogP contribution is 2.16. The molecule has 0 bridgehead atoms. The third-order valence-electron chi connectivity index (χ3n) is 2.74. The standard InChI is InChI=1S/C12H21NO2/c1-3-13(10-12(14)15-4-2)11-8-6-5-7-9-11/h6,8,11H,3-5,7,9-10H2,1-2H3. The first-order chi connectivity index (χ1) is 7.27. The van der Waals surface area contributed by atoms with E-state index in [1.807, 2.05) is 6.92 Å². The Morgan fingerprint density at radius 2 is 2.33 bits per heavy atom. The van der Waals surface area contributed by atoms with Gasteiger partial charge in [-0.1, -0.05) is 19.1 Å². The van der Waals surface area contributed by atoms with E-state index in [0.717, 1.165) is 13.0 Å². The number of rotatable bonds is 5. The minimum Gasteiger partial charge on any atom is -0.465 e. The molecule has 86 valence electrons. The molecule has 3 nitrogen and oxygen atoms in total. The van der Waals surface area contributed by atoms with Crippen LogP contribution in [-0.2, 0) is 9.53 Å². The molecule has 0 spiro atoms. The van der Waals surface area contributed by atoms with Gasteiger partial charge in [0.1, 0.15) is 0 Å². The maximum absolute atomic E-state index is 11.4. The molecule has 0 radical (unpaired) electrons. The number of carbonyl (C=O) groups is 1. The molecule has 0 aliphatic heterocycles. The molecule has 0 aromatic carbocycles. The molecular weight excluding hydrogens is 190 g/mol. The number of allylic oxidation sites excluding steroid dienone is 1. The predicted molar refractivity (Wildman–Crippen MR) is 60.7 cm³/mol. The van der Waals surface area contributed by atoms with E-state index in [9.17, 15) is 4.79 Å². The lowest BCUT2D eigenvalue weighted by atomic mass is 10.0. The zero-order valence-electron chi connectivity index (χ0n) is 9.74. The molecule has 0 saturated heterocycles. The maximum Gasteiger partial charge on any atom is 0.320 e. The summed E-state index contributed by atoms with van der Waals surface area (Å²) in [5.74, 6) is -0.113. The van der Waals surface area contributed by atoms with Crippen molar-refractivity contribution in [2.75, 3.05) is 19.7 Å². The van der Waals surface area contributed by atoms with Gasteiger partial charge in [-0.2, -0.15) is 0 Å². The van der Waals surface area contributed by atoms with Gasteiger partial charge in [-0.05, 0) is 32.7 Å². The molecule has 1 aliphatic rings. The van der Waals surface area contributed by atoms with Gasteiger partial charge in [0.25, 0.3) is 0 Å². The highest BCUT2D eigenvalue weighted by Gasteiger charge is 2.18. The Balaban J connectivity index is 2.43. The van der Waals surface area contributed by atoms with E-state index < -0.39 is 0 Å². The van der Waals surface area contributed by atoms with Crippen LogP contribution in [0.4, 0.5) is 0 Å². The molecule has 1 unspecified atom stereocenters. The van der Waals surface area contributed by atoms with Crippen LogP contribution in [0.2, 0.25) is 0 Å². The van der Waals surface area contributed by atoms with E-state index >= 15 is 0 Å². The van der Waals surface area contributed by atoms with Gasteiger partial charge in [-0.25, -0.2) is 0 Å². The van der Waals surface area contributed by atoms with Gasteiger partial charge in [0.15, 0.2) is 0 Å². The van der Waals surface area contributed by atoms with E-state index in [2.05, 4.69) is 24.0 Å². The van der Waals surface area contributed by atoms with Gasteiger partial charge >= 0.3 is 5.97 Å². The Bertz CT molecular complexity index is 226. The second-order valence-electron chi connectivity index (χ2n) is 3.79. The summed E-state index contributed by atoms with van der Waals surface area (Å²) in [6.45, 7) is 5.71. The smallest absolute Gasteiger partial charge is 0.320 e. The highest BCUT2D eigenvalue weighted by molar-refractivity contribution is 5.71. The molecule has 15 heavy (non-hydrogen) atoms. The first-order valence-corrected chi connectivity index (χ1v) is 5.84. The number of esters is 1. The predicted octanol–water partition coefficient (Wildman–Crippen LogP) is 1.98. The first kappa shape index (κ1) is 12.2. The van der Waals surface area contributed by atoms with Crippen LogP contribution in [0.5, 0.6) is 0 Å². The van der Waals surface area contributed by atoms with Crippen molar-refractivity contribution in [2.24, 2.45) is 0 Å². The van der Waals surface area contributed by atoms with E-state index in [-0.39, 0.29) is 5.97 Å². The van der Waals surface area contributed by atoms with E-state index in [0.29, 0.717) is 19.2 Å². The summed E-state index contributed by atoms with van der Waals surface area (Å²) >= 11 is 0. The largest absolute Gasteiger partial charge is 0.465 e. The lowest BCUT2D eigenvalue weighted by Gasteiger charge is -2.29. The average molecular weight is 211 g/mol. The summed E-state index contributed by atoms with van der Waals surface area (Å²) in [6, 6.07) is 0.424. The van der Waals surface area contributed by atoms with Crippen molar-refractivity contribution in [1.82, 2.24) is 4.90 Å². The minimum absolute atomic E-state index is 0.113. The molecule has 1 aliphatic carbocycles. The van der Waals surface area contributed by atoms with Crippen LogP contribution in [0, 0.1) is 0 Å². The SMILES string of the molecule is CCOC(=O)CN(CC)C1C=CCCC1. The quantitative estimate of drug-likeness (QED) is 0.514. The molecule has 0 heterocycles. The first-order valence-electron chi connectivity index (χ1n) is 5.84. The van der Waals surface area contributed by atoms with Gasteiger partial charge in [-0.15, -0.1) is 0 Å². The fourth-order valence-electron chi connectivity index (χ4n) is 1.93. The Morgan fingerprint density at radius 3 is 2.87 bits per heavy atom. The monoisotopic (exact) mass is 211 g/mol. The summed E-state index contributed by atoms with van der Waals surface area (Å²) in [5, 5.41) is 0. The van der Waals surface area contributed by atoms with Gasteiger partial charge in [0.05, 0.1) is 13.2 Å². The van der Waals surface area contributed by atoms with Crippen LogP contribution in [0.3, 0.4) is 0 Å². The molecule has 0 amide bonds. The number of likely N-dealkylation sites (N-methyl/N-ethyl adjacent to an activating group) is 1. The van der Waals surface area contributed by atoms with Crippen molar-refractivity contribution >= 4 is 5.97 Å². The number of carbonyl (C=O) groups excluding carboxylic acids is 1. The molecule has 0 fully saturated rings. The maximum atomic E-state index is 11.4. The molecule has 3 heteroatoms. The Kier molecular flexibility index (Phi) is 5.40. The van der Waals surface area contributed by atoms with Crippen LogP contribution >= 0.6 is 0 Å². The topological polar surface area (TPSA) is 29.5 Å². The molecule has 1 rings (SSSR count).